The number of rotatable bonds is 3. The fourth-order valence-corrected chi connectivity index (χ4v) is 4.48. The van der Waals surface area contributed by atoms with E-state index >= 15 is 0 Å². The van der Waals surface area contributed by atoms with Gasteiger partial charge in [-0.1, -0.05) is 18.6 Å². The third-order valence-electron chi connectivity index (χ3n) is 5.75. The Morgan fingerprint density at radius 3 is 2.29 bits per heavy atom. The Labute approximate surface area is 148 Å². The fourth-order valence-electron chi connectivity index (χ4n) is 4.48. The van der Waals surface area contributed by atoms with Crippen LogP contribution >= 0.6 is 12.4 Å². The van der Waals surface area contributed by atoms with Crippen LogP contribution in [0, 0.1) is 11.8 Å². The molecule has 2 amide bonds. The molecule has 1 aliphatic carbocycles. The number of amides is 2. The minimum Gasteiger partial charge on any atom is -0.327 e. The number of likely N-dealkylation sites (tertiary alicyclic amines) is 1. The molecular formula is C18H24ClN3O2. The van der Waals surface area contributed by atoms with Crippen molar-refractivity contribution in [2.75, 3.05) is 26.2 Å². The second-order valence-corrected chi connectivity index (χ2v) is 7.09. The number of nitrogens with two attached hydrogens (primary N) is 1. The van der Waals surface area contributed by atoms with E-state index in [4.69, 9.17) is 5.73 Å². The second-order valence-electron chi connectivity index (χ2n) is 7.09. The Balaban J connectivity index is 0.00000169. The van der Waals surface area contributed by atoms with Crippen molar-refractivity contribution >= 4 is 24.2 Å². The second kappa shape index (κ2) is 6.82. The van der Waals surface area contributed by atoms with Crippen LogP contribution in [0.1, 0.15) is 40.0 Å². The van der Waals surface area contributed by atoms with Crippen molar-refractivity contribution in [1.29, 1.82) is 0 Å². The summed E-state index contributed by atoms with van der Waals surface area (Å²) in [5, 5.41) is 0. The Kier molecular flexibility index (Phi) is 4.95. The zero-order valence-electron chi connectivity index (χ0n) is 13.7. The summed E-state index contributed by atoms with van der Waals surface area (Å²) in [6.45, 7) is 3.29. The first-order valence-corrected chi connectivity index (χ1v) is 8.58. The summed E-state index contributed by atoms with van der Waals surface area (Å²) in [5.41, 5.74) is 7.33. The van der Waals surface area contributed by atoms with Crippen molar-refractivity contribution < 1.29 is 9.59 Å². The number of fused-ring (bicyclic) bond motifs is 2. The van der Waals surface area contributed by atoms with Crippen LogP contribution in [0.25, 0.3) is 0 Å². The van der Waals surface area contributed by atoms with Crippen LogP contribution in [-0.2, 0) is 0 Å². The molecule has 1 aromatic carbocycles. The third-order valence-corrected chi connectivity index (χ3v) is 5.75. The lowest BCUT2D eigenvalue weighted by Crippen LogP contribution is -2.39. The van der Waals surface area contributed by atoms with Gasteiger partial charge in [0.05, 0.1) is 11.1 Å². The Hall–Kier alpha value is -1.43. The molecule has 4 rings (SSSR count). The van der Waals surface area contributed by atoms with E-state index in [1.165, 1.54) is 17.7 Å². The highest BCUT2D eigenvalue weighted by Gasteiger charge is 2.40. The number of imide groups is 1. The predicted octanol–water partition coefficient (Wildman–Crippen LogP) is 1.76. The molecule has 2 heterocycles. The summed E-state index contributed by atoms with van der Waals surface area (Å²) in [6.07, 6.45) is 3.63. The van der Waals surface area contributed by atoms with Gasteiger partial charge in [-0.3, -0.25) is 14.5 Å². The number of carbonyl (C=O) groups excluding carboxylic acids is 2. The average Bonchev–Trinajstić information content (AvgIpc) is 3.08. The smallest absolute Gasteiger partial charge is 0.261 e. The SMILES string of the molecule is Cl.NC1CCCC2CN(CCN3C(=O)c4ccccc4C3=O)CC12. The van der Waals surface area contributed by atoms with Crippen molar-refractivity contribution in [3.63, 3.8) is 0 Å². The summed E-state index contributed by atoms with van der Waals surface area (Å²) < 4.78 is 0. The van der Waals surface area contributed by atoms with E-state index in [1.807, 2.05) is 0 Å². The molecule has 2 fully saturated rings. The van der Waals surface area contributed by atoms with Gasteiger partial charge in [-0.05, 0) is 36.8 Å². The van der Waals surface area contributed by atoms with Crippen LogP contribution in [0.15, 0.2) is 24.3 Å². The molecule has 5 nitrogen and oxygen atoms in total. The maximum Gasteiger partial charge on any atom is 0.261 e. The van der Waals surface area contributed by atoms with Gasteiger partial charge in [0.1, 0.15) is 0 Å². The molecule has 1 saturated carbocycles. The van der Waals surface area contributed by atoms with Crippen LogP contribution in [-0.4, -0.2) is 53.8 Å². The van der Waals surface area contributed by atoms with E-state index in [0.29, 0.717) is 35.5 Å². The summed E-state index contributed by atoms with van der Waals surface area (Å²) in [5.74, 6) is 0.977. The van der Waals surface area contributed by atoms with Crippen molar-refractivity contribution in [3.05, 3.63) is 35.4 Å². The lowest BCUT2D eigenvalue weighted by atomic mass is 9.78. The highest BCUT2D eigenvalue weighted by Crippen LogP contribution is 2.35. The highest BCUT2D eigenvalue weighted by molar-refractivity contribution is 6.21. The summed E-state index contributed by atoms with van der Waals surface area (Å²) in [4.78, 5) is 28.5. The first-order chi connectivity index (χ1) is 11.1. The van der Waals surface area contributed by atoms with Gasteiger partial charge in [-0.2, -0.15) is 0 Å². The molecule has 0 spiro atoms. The number of nitrogens with zero attached hydrogens (tertiary/aromatic N) is 2. The van der Waals surface area contributed by atoms with Gasteiger partial charge in [0.25, 0.3) is 11.8 Å². The van der Waals surface area contributed by atoms with Gasteiger partial charge in [0.15, 0.2) is 0 Å². The first-order valence-electron chi connectivity index (χ1n) is 8.58. The number of benzene rings is 1. The number of hydrogen-bond acceptors (Lipinski definition) is 4. The quantitative estimate of drug-likeness (QED) is 0.844. The van der Waals surface area contributed by atoms with Gasteiger partial charge in [-0.15, -0.1) is 12.4 Å². The topological polar surface area (TPSA) is 66.6 Å². The zero-order chi connectivity index (χ0) is 16.0. The standard InChI is InChI=1S/C18H23N3O2.ClH/c19-16-7-3-4-12-10-20(11-15(12)16)8-9-21-17(22)13-5-1-2-6-14(13)18(21)23;/h1-2,5-6,12,15-16H,3-4,7-11,19H2;1H. The molecule has 6 heteroatoms. The molecule has 130 valence electrons. The Morgan fingerprint density at radius 1 is 1.00 bits per heavy atom. The van der Waals surface area contributed by atoms with Crippen LogP contribution in [0.2, 0.25) is 0 Å². The molecule has 3 unspecified atom stereocenters. The number of hydrogen-bond donors (Lipinski definition) is 1. The van der Waals surface area contributed by atoms with Crippen molar-refractivity contribution in [3.8, 4) is 0 Å². The van der Waals surface area contributed by atoms with Gasteiger partial charge in [0.2, 0.25) is 0 Å². The van der Waals surface area contributed by atoms with Crippen molar-refractivity contribution in [2.45, 2.75) is 25.3 Å². The number of halogens is 1. The van der Waals surface area contributed by atoms with Gasteiger partial charge in [0, 0.05) is 32.2 Å². The maximum atomic E-state index is 12.4. The summed E-state index contributed by atoms with van der Waals surface area (Å²) in [7, 11) is 0. The lowest BCUT2D eigenvalue weighted by Gasteiger charge is -2.29. The summed E-state index contributed by atoms with van der Waals surface area (Å²) in [6, 6.07) is 7.40. The normalized spacial score (nSPS) is 29.4. The first kappa shape index (κ1) is 17.4. The highest BCUT2D eigenvalue weighted by atomic mass is 35.5. The van der Waals surface area contributed by atoms with Crippen molar-refractivity contribution in [2.24, 2.45) is 17.6 Å². The van der Waals surface area contributed by atoms with Crippen LogP contribution < -0.4 is 5.73 Å². The number of carbonyl (C=O) groups is 2. The van der Waals surface area contributed by atoms with Gasteiger partial charge < -0.3 is 10.6 Å². The van der Waals surface area contributed by atoms with E-state index in [9.17, 15) is 9.59 Å². The molecule has 24 heavy (non-hydrogen) atoms. The maximum absolute atomic E-state index is 12.4. The molecule has 3 atom stereocenters. The van der Waals surface area contributed by atoms with Crippen LogP contribution in [0.4, 0.5) is 0 Å². The molecule has 3 aliphatic rings. The molecular weight excluding hydrogens is 326 g/mol. The largest absolute Gasteiger partial charge is 0.327 e. The fraction of sp³-hybridized carbons (Fsp3) is 0.556. The molecule has 0 aromatic heterocycles. The third kappa shape index (κ3) is 2.85. The van der Waals surface area contributed by atoms with Gasteiger partial charge in [-0.25, -0.2) is 0 Å². The summed E-state index contributed by atoms with van der Waals surface area (Å²) >= 11 is 0. The zero-order valence-corrected chi connectivity index (χ0v) is 14.5. The van der Waals surface area contributed by atoms with Gasteiger partial charge >= 0.3 is 0 Å². The molecule has 1 saturated heterocycles. The van der Waals surface area contributed by atoms with E-state index < -0.39 is 0 Å². The minimum absolute atomic E-state index is 0. The minimum atomic E-state index is -0.154. The predicted molar refractivity (Wildman–Crippen MR) is 94.3 cm³/mol. The van der Waals surface area contributed by atoms with Crippen LogP contribution in [0.5, 0.6) is 0 Å². The Morgan fingerprint density at radius 2 is 1.67 bits per heavy atom. The van der Waals surface area contributed by atoms with E-state index in [1.54, 1.807) is 24.3 Å². The lowest BCUT2D eigenvalue weighted by molar-refractivity contribution is 0.0639. The molecule has 0 bridgehead atoms. The molecule has 0 radical (unpaired) electrons. The average molecular weight is 350 g/mol. The van der Waals surface area contributed by atoms with E-state index in [2.05, 4.69) is 4.90 Å². The Bertz CT molecular complexity index is 616. The van der Waals surface area contributed by atoms with E-state index in [0.717, 1.165) is 26.1 Å². The monoisotopic (exact) mass is 349 g/mol. The molecule has 1 aromatic rings. The van der Waals surface area contributed by atoms with E-state index in [-0.39, 0.29) is 24.2 Å². The van der Waals surface area contributed by atoms with Crippen molar-refractivity contribution in [1.82, 2.24) is 9.80 Å². The molecule has 2 N–H and O–H groups in total. The van der Waals surface area contributed by atoms with Crippen LogP contribution in [0.3, 0.4) is 0 Å². The molecule has 2 aliphatic heterocycles.